The maximum Gasteiger partial charge on any atom is 0.293 e. The van der Waals surface area contributed by atoms with Crippen LogP contribution in [0.2, 0.25) is 0 Å². The molecule has 1 fully saturated rings. The van der Waals surface area contributed by atoms with Crippen LogP contribution in [0.15, 0.2) is 74.5 Å². The van der Waals surface area contributed by atoms with Crippen LogP contribution in [0.4, 0.5) is 10.5 Å². The fourth-order valence-electron chi connectivity index (χ4n) is 3.60. The quantitative estimate of drug-likeness (QED) is 0.283. The first-order valence-corrected chi connectivity index (χ1v) is 13.4. The highest BCUT2D eigenvalue weighted by atomic mass is 79.9. The Labute approximate surface area is 230 Å². The zero-order valence-electron chi connectivity index (χ0n) is 19.5. The second-order valence-electron chi connectivity index (χ2n) is 8.21. The summed E-state index contributed by atoms with van der Waals surface area (Å²) in [6.45, 7) is 3.96. The Morgan fingerprint density at radius 2 is 1.75 bits per heavy atom. The number of benzene rings is 3. The Hall–Kier alpha value is -2.88. The molecule has 1 saturated heterocycles. The lowest BCUT2D eigenvalue weighted by Gasteiger charge is -2.14. The van der Waals surface area contributed by atoms with Crippen molar-refractivity contribution in [2.75, 3.05) is 11.9 Å². The van der Waals surface area contributed by atoms with Crippen molar-refractivity contribution >= 4 is 72.4 Å². The zero-order valence-corrected chi connectivity index (χ0v) is 23.5. The average molecular weight is 630 g/mol. The second-order valence-corrected chi connectivity index (χ2v) is 10.9. The number of hydrogen-bond donors (Lipinski definition) is 1. The summed E-state index contributed by atoms with van der Waals surface area (Å²) in [5.74, 6) is -0.154. The van der Waals surface area contributed by atoms with Crippen molar-refractivity contribution in [1.82, 2.24) is 4.90 Å². The standard InChI is InChI=1S/C27H22Br2N2O4S/c1-16-6-5-9-20(10-16)30-24(32)15-35-25-21(28)11-18(12-22(25)29)13-23-26(33)31(27(34)36-23)14-19-8-4-3-7-17(19)2/h3-13H,14-15H2,1-2H3,(H,30,32)/b23-13-. The molecule has 0 atom stereocenters. The Morgan fingerprint density at radius 3 is 2.44 bits per heavy atom. The average Bonchev–Trinajstić information content (AvgIpc) is 3.07. The van der Waals surface area contributed by atoms with Gasteiger partial charge in [-0.25, -0.2) is 0 Å². The largest absolute Gasteiger partial charge is 0.481 e. The highest BCUT2D eigenvalue weighted by molar-refractivity contribution is 9.11. The molecular formula is C27H22Br2N2O4S. The van der Waals surface area contributed by atoms with E-state index < -0.39 is 0 Å². The van der Waals surface area contributed by atoms with Gasteiger partial charge in [0, 0.05) is 5.69 Å². The molecule has 3 amide bonds. The van der Waals surface area contributed by atoms with Crippen molar-refractivity contribution in [2.24, 2.45) is 0 Å². The summed E-state index contributed by atoms with van der Waals surface area (Å²) in [5, 5.41) is 2.51. The molecule has 1 aliphatic rings. The molecule has 0 unspecified atom stereocenters. The van der Waals surface area contributed by atoms with E-state index >= 15 is 0 Å². The van der Waals surface area contributed by atoms with Gasteiger partial charge in [-0.15, -0.1) is 0 Å². The molecule has 3 aromatic carbocycles. The van der Waals surface area contributed by atoms with Gasteiger partial charge in [0.1, 0.15) is 5.75 Å². The van der Waals surface area contributed by atoms with Crippen molar-refractivity contribution < 1.29 is 19.1 Å². The number of ether oxygens (including phenoxy) is 1. The molecule has 1 aliphatic heterocycles. The smallest absolute Gasteiger partial charge is 0.293 e. The lowest BCUT2D eigenvalue weighted by Crippen LogP contribution is -2.27. The van der Waals surface area contributed by atoms with Crippen LogP contribution in [0.5, 0.6) is 5.75 Å². The molecule has 0 radical (unpaired) electrons. The van der Waals surface area contributed by atoms with Crippen LogP contribution in [0.3, 0.4) is 0 Å². The van der Waals surface area contributed by atoms with Gasteiger partial charge in [-0.3, -0.25) is 19.3 Å². The summed E-state index contributed by atoms with van der Waals surface area (Å²) in [5.41, 5.74) is 4.40. The van der Waals surface area contributed by atoms with E-state index in [2.05, 4.69) is 37.2 Å². The van der Waals surface area contributed by atoms with E-state index in [1.165, 1.54) is 4.90 Å². The molecule has 3 aromatic rings. The molecule has 0 aromatic heterocycles. The fraction of sp³-hybridized carbons (Fsp3) is 0.148. The molecular weight excluding hydrogens is 608 g/mol. The number of carbonyl (C=O) groups is 3. The van der Waals surface area contributed by atoms with E-state index in [1.807, 2.05) is 62.4 Å². The third-order valence-electron chi connectivity index (χ3n) is 5.43. The summed E-state index contributed by atoms with van der Waals surface area (Å²) in [7, 11) is 0. The van der Waals surface area contributed by atoms with Crippen molar-refractivity contribution in [2.45, 2.75) is 20.4 Å². The van der Waals surface area contributed by atoms with Gasteiger partial charge < -0.3 is 10.1 Å². The summed E-state index contributed by atoms with van der Waals surface area (Å²) in [4.78, 5) is 39.4. The zero-order chi connectivity index (χ0) is 25.8. The lowest BCUT2D eigenvalue weighted by molar-refractivity contribution is -0.123. The van der Waals surface area contributed by atoms with Gasteiger partial charge in [-0.1, -0.05) is 36.4 Å². The maximum absolute atomic E-state index is 12.9. The number of imide groups is 1. The molecule has 0 spiro atoms. The number of nitrogens with one attached hydrogen (secondary N) is 1. The molecule has 9 heteroatoms. The monoisotopic (exact) mass is 628 g/mol. The van der Waals surface area contributed by atoms with Crippen LogP contribution >= 0.6 is 43.6 Å². The second kappa shape index (κ2) is 11.5. The number of hydrogen-bond acceptors (Lipinski definition) is 5. The minimum absolute atomic E-state index is 0.178. The lowest BCUT2D eigenvalue weighted by atomic mass is 10.1. The number of thioether (sulfide) groups is 1. The molecule has 184 valence electrons. The van der Waals surface area contributed by atoms with Crippen LogP contribution in [0.1, 0.15) is 22.3 Å². The van der Waals surface area contributed by atoms with Gasteiger partial charge in [0.15, 0.2) is 6.61 Å². The van der Waals surface area contributed by atoms with Crippen molar-refractivity contribution in [3.63, 3.8) is 0 Å². The predicted octanol–water partition coefficient (Wildman–Crippen LogP) is 7.08. The first kappa shape index (κ1) is 26.2. The molecule has 36 heavy (non-hydrogen) atoms. The minimum atomic E-state index is -0.325. The number of aryl methyl sites for hydroxylation is 2. The van der Waals surface area contributed by atoms with Crippen LogP contribution in [0, 0.1) is 13.8 Å². The number of rotatable bonds is 7. The Morgan fingerprint density at radius 1 is 1.03 bits per heavy atom. The highest BCUT2D eigenvalue weighted by Crippen LogP contribution is 2.38. The summed E-state index contributed by atoms with van der Waals surface area (Å²) in [6.07, 6.45) is 1.67. The Kier molecular flexibility index (Phi) is 8.33. The third-order valence-corrected chi connectivity index (χ3v) is 7.52. The fourth-order valence-corrected chi connectivity index (χ4v) is 5.89. The van der Waals surface area contributed by atoms with Gasteiger partial charge in [0.25, 0.3) is 17.1 Å². The number of amides is 3. The Balaban J connectivity index is 1.44. The number of halogens is 2. The predicted molar refractivity (Wildman–Crippen MR) is 150 cm³/mol. The molecule has 0 aliphatic carbocycles. The minimum Gasteiger partial charge on any atom is -0.481 e. The van der Waals surface area contributed by atoms with Crippen LogP contribution < -0.4 is 10.1 Å². The van der Waals surface area contributed by atoms with Gasteiger partial charge in [0.05, 0.1) is 20.4 Å². The van der Waals surface area contributed by atoms with Gasteiger partial charge in [-0.05, 0) is 110 Å². The maximum atomic E-state index is 12.9. The van der Waals surface area contributed by atoms with Crippen molar-refractivity contribution in [3.05, 3.63) is 96.8 Å². The third kappa shape index (κ3) is 6.27. The van der Waals surface area contributed by atoms with Gasteiger partial charge >= 0.3 is 0 Å². The van der Waals surface area contributed by atoms with E-state index in [0.29, 0.717) is 30.9 Å². The van der Waals surface area contributed by atoms with Gasteiger partial charge in [0.2, 0.25) is 0 Å². The summed E-state index contributed by atoms with van der Waals surface area (Å²) in [6, 6.07) is 18.7. The Bertz CT molecular complexity index is 1370. The molecule has 1 heterocycles. The topological polar surface area (TPSA) is 75.7 Å². The first-order chi connectivity index (χ1) is 17.2. The van der Waals surface area contributed by atoms with E-state index in [4.69, 9.17) is 4.74 Å². The van der Waals surface area contributed by atoms with E-state index in [0.717, 1.165) is 28.5 Å². The molecule has 4 rings (SSSR count). The van der Waals surface area contributed by atoms with E-state index in [1.54, 1.807) is 18.2 Å². The van der Waals surface area contributed by atoms with Crippen molar-refractivity contribution in [1.29, 1.82) is 0 Å². The molecule has 0 saturated carbocycles. The molecule has 0 bridgehead atoms. The normalized spacial score (nSPS) is 14.4. The SMILES string of the molecule is Cc1cccc(NC(=O)COc2c(Br)cc(/C=C3\SC(=O)N(Cc4ccccc4C)C3=O)cc2Br)c1. The van der Waals surface area contributed by atoms with E-state index in [9.17, 15) is 14.4 Å². The van der Waals surface area contributed by atoms with Gasteiger partial charge in [-0.2, -0.15) is 0 Å². The van der Waals surface area contributed by atoms with Crippen molar-refractivity contribution in [3.8, 4) is 5.75 Å². The molecule has 6 nitrogen and oxygen atoms in total. The van der Waals surface area contributed by atoms with Crippen LogP contribution in [-0.2, 0) is 16.1 Å². The molecule has 1 N–H and O–H groups in total. The van der Waals surface area contributed by atoms with E-state index in [-0.39, 0.29) is 30.2 Å². The first-order valence-electron chi connectivity index (χ1n) is 11.0. The number of carbonyl (C=O) groups excluding carboxylic acids is 3. The van der Waals surface area contributed by atoms with Crippen LogP contribution in [-0.4, -0.2) is 28.6 Å². The number of nitrogens with zero attached hydrogens (tertiary/aromatic N) is 1. The van der Waals surface area contributed by atoms with Crippen LogP contribution in [0.25, 0.3) is 6.08 Å². The number of anilines is 1. The summed E-state index contributed by atoms with van der Waals surface area (Å²) < 4.78 is 6.93. The summed E-state index contributed by atoms with van der Waals surface area (Å²) >= 11 is 7.88. The highest BCUT2D eigenvalue weighted by Gasteiger charge is 2.35.